The van der Waals surface area contributed by atoms with E-state index in [2.05, 4.69) is 15.0 Å². The zero-order chi connectivity index (χ0) is 19.7. The molecule has 0 radical (unpaired) electrons. The number of ketones is 1. The van der Waals surface area contributed by atoms with E-state index in [0.29, 0.717) is 51.7 Å². The average molecular weight is 379 g/mol. The lowest BCUT2D eigenvalue weighted by Crippen LogP contribution is -2.04. The quantitative estimate of drug-likeness (QED) is 0.496. The Hall–Kier alpha value is -3.22. The second kappa shape index (κ2) is 7.42. The lowest BCUT2D eigenvalue weighted by Gasteiger charge is -2.13. The molecule has 0 aliphatic heterocycles. The molecule has 0 unspecified atom stereocenters. The van der Waals surface area contributed by atoms with Gasteiger partial charge < -0.3 is 14.5 Å². The maximum absolute atomic E-state index is 12.2. The van der Waals surface area contributed by atoms with E-state index < -0.39 is 5.97 Å². The first-order chi connectivity index (χ1) is 13.6. The number of fused-ring (bicyclic) bond motifs is 1. The number of benzene rings is 1. The smallest absolute Gasteiger partial charge is 0.341 e. The third-order valence-corrected chi connectivity index (χ3v) is 4.77. The molecule has 0 atom stereocenters. The Labute approximate surface area is 162 Å². The van der Waals surface area contributed by atoms with Crippen LogP contribution in [0.1, 0.15) is 47.4 Å². The Morgan fingerprint density at radius 2 is 2.07 bits per heavy atom. The molecule has 1 aliphatic carbocycles. The van der Waals surface area contributed by atoms with Gasteiger partial charge in [-0.05, 0) is 50.8 Å². The monoisotopic (exact) mass is 379 g/mol. The maximum Gasteiger partial charge on any atom is 0.341 e. The van der Waals surface area contributed by atoms with Gasteiger partial charge in [0.1, 0.15) is 28.9 Å². The van der Waals surface area contributed by atoms with E-state index in [4.69, 9.17) is 9.47 Å². The fourth-order valence-corrected chi connectivity index (χ4v) is 3.06. The predicted octanol–water partition coefficient (Wildman–Crippen LogP) is 3.79. The lowest BCUT2D eigenvalue weighted by molar-refractivity contribution is 0.0528. The largest absolute Gasteiger partial charge is 0.493 e. The van der Waals surface area contributed by atoms with Crippen LogP contribution in [0, 0.1) is 5.92 Å². The van der Waals surface area contributed by atoms with Crippen molar-refractivity contribution in [3.8, 4) is 17.0 Å². The Balaban J connectivity index is 1.82. The van der Waals surface area contributed by atoms with Crippen LogP contribution in [-0.2, 0) is 4.74 Å². The van der Waals surface area contributed by atoms with Gasteiger partial charge in [0.2, 0.25) is 0 Å². The molecule has 28 heavy (non-hydrogen) atoms. The molecule has 1 fully saturated rings. The molecule has 7 nitrogen and oxygen atoms in total. The number of nitrogens with zero attached hydrogens (tertiary/aromatic N) is 2. The number of rotatable bonds is 7. The standard InChI is InChI=1S/C21H21N3O4/c1-3-27-21(26)16-9-22-20-18(23-11-24-19(16)20)15-8-14(12(2)25)6-7-17(15)28-10-13-4-5-13/h6-9,11,13,22H,3-5,10H2,1-2H3. The van der Waals surface area contributed by atoms with Crippen molar-refractivity contribution in [2.75, 3.05) is 13.2 Å². The van der Waals surface area contributed by atoms with E-state index in [9.17, 15) is 9.59 Å². The highest BCUT2D eigenvalue weighted by molar-refractivity contribution is 6.06. The summed E-state index contributed by atoms with van der Waals surface area (Å²) in [6.45, 7) is 4.19. The van der Waals surface area contributed by atoms with Gasteiger partial charge in [-0.2, -0.15) is 0 Å². The Morgan fingerprint density at radius 1 is 1.25 bits per heavy atom. The van der Waals surface area contributed by atoms with Crippen molar-refractivity contribution < 1.29 is 19.1 Å². The molecule has 1 N–H and O–H groups in total. The third kappa shape index (κ3) is 3.47. The number of Topliss-reactive ketones (excluding diaryl/α,β-unsaturated/α-hetero) is 1. The molecule has 0 saturated heterocycles. The zero-order valence-corrected chi connectivity index (χ0v) is 15.8. The number of carbonyl (C=O) groups excluding carboxylic acids is 2. The topological polar surface area (TPSA) is 94.2 Å². The van der Waals surface area contributed by atoms with Crippen LogP contribution in [-0.4, -0.2) is 39.9 Å². The molecule has 0 amide bonds. The number of aromatic amines is 1. The summed E-state index contributed by atoms with van der Waals surface area (Å²) in [7, 11) is 0. The highest BCUT2D eigenvalue weighted by Crippen LogP contribution is 2.36. The highest BCUT2D eigenvalue weighted by Gasteiger charge is 2.24. The SMILES string of the molecule is CCOC(=O)c1c[nH]c2c(-c3cc(C(C)=O)ccc3OCC3CC3)ncnc12. The molecule has 144 valence electrons. The van der Waals surface area contributed by atoms with Crippen molar-refractivity contribution in [2.45, 2.75) is 26.7 Å². The van der Waals surface area contributed by atoms with E-state index in [-0.39, 0.29) is 12.4 Å². The molecule has 2 heterocycles. The van der Waals surface area contributed by atoms with E-state index in [1.165, 1.54) is 26.1 Å². The second-order valence-electron chi connectivity index (χ2n) is 6.89. The van der Waals surface area contributed by atoms with Gasteiger partial charge >= 0.3 is 5.97 Å². The van der Waals surface area contributed by atoms with Gasteiger partial charge in [-0.25, -0.2) is 14.8 Å². The molecule has 4 rings (SSSR count). The summed E-state index contributed by atoms with van der Waals surface area (Å²) in [5.41, 5.74) is 3.26. The van der Waals surface area contributed by atoms with Gasteiger partial charge in [0.05, 0.1) is 18.7 Å². The van der Waals surface area contributed by atoms with E-state index in [1.54, 1.807) is 31.3 Å². The Morgan fingerprint density at radius 3 is 2.79 bits per heavy atom. The van der Waals surface area contributed by atoms with Crippen molar-refractivity contribution in [1.29, 1.82) is 0 Å². The summed E-state index contributed by atoms with van der Waals surface area (Å²) in [5.74, 6) is 0.760. The normalized spacial score (nSPS) is 13.5. The van der Waals surface area contributed by atoms with Crippen LogP contribution in [0.2, 0.25) is 0 Å². The van der Waals surface area contributed by atoms with Crippen LogP contribution >= 0.6 is 0 Å². The number of esters is 1. The summed E-state index contributed by atoms with van der Waals surface area (Å²) in [5, 5.41) is 0. The number of nitrogens with one attached hydrogen (secondary N) is 1. The number of hydrogen-bond donors (Lipinski definition) is 1. The summed E-state index contributed by atoms with van der Waals surface area (Å²) in [4.78, 5) is 35.8. The number of aromatic nitrogens is 3. The molecular formula is C21H21N3O4. The molecule has 0 spiro atoms. The predicted molar refractivity (Wildman–Crippen MR) is 104 cm³/mol. The van der Waals surface area contributed by atoms with Crippen molar-refractivity contribution in [3.63, 3.8) is 0 Å². The molecular weight excluding hydrogens is 358 g/mol. The molecule has 7 heteroatoms. The van der Waals surface area contributed by atoms with Crippen LogP contribution in [0.15, 0.2) is 30.7 Å². The first-order valence-corrected chi connectivity index (χ1v) is 9.35. The summed E-state index contributed by atoms with van der Waals surface area (Å²) in [6, 6.07) is 5.33. The van der Waals surface area contributed by atoms with Gasteiger partial charge in [0, 0.05) is 17.3 Å². The average Bonchev–Trinajstić information content (AvgIpc) is 3.42. The fraction of sp³-hybridized carbons (Fsp3) is 0.333. The second-order valence-corrected chi connectivity index (χ2v) is 6.89. The van der Waals surface area contributed by atoms with Crippen molar-refractivity contribution in [3.05, 3.63) is 41.9 Å². The molecule has 0 bridgehead atoms. The number of H-pyrrole nitrogens is 1. The van der Waals surface area contributed by atoms with Gasteiger partial charge in [-0.1, -0.05) is 0 Å². The van der Waals surface area contributed by atoms with E-state index in [0.717, 1.165) is 0 Å². The van der Waals surface area contributed by atoms with Gasteiger partial charge in [-0.15, -0.1) is 0 Å². The van der Waals surface area contributed by atoms with Crippen molar-refractivity contribution in [1.82, 2.24) is 15.0 Å². The van der Waals surface area contributed by atoms with Gasteiger partial charge in [0.25, 0.3) is 0 Å². The van der Waals surface area contributed by atoms with Crippen LogP contribution in [0.4, 0.5) is 0 Å². The summed E-state index contributed by atoms with van der Waals surface area (Å²) >= 11 is 0. The Bertz CT molecular complexity index is 1050. The fourth-order valence-electron chi connectivity index (χ4n) is 3.06. The number of carbonyl (C=O) groups is 2. The van der Waals surface area contributed by atoms with Crippen LogP contribution < -0.4 is 4.74 Å². The first-order valence-electron chi connectivity index (χ1n) is 9.35. The number of ether oxygens (including phenoxy) is 2. The van der Waals surface area contributed by atoms with Crippen LogP contribution in [0.5, 0.6) is 5.75 Å². The number of hydrogen-bond acceptors (Lipinski definition) is 6. The minimum Gasteiger partial charge on any atom is -0.493 e. The minimum absolute atomic E-state index is 0.0426. The van der Waals surface area contributed by atoms with Crippen LogP contribution in [0.3, 0.4) is 0 Å². The first kappa shape index (κ1) is 18.2. The Kier molecular flexibility index (Phi) is 4.81. The molecule has 1 aromatic carbocycles. The summed E-state index contributed by atoms with van der Waals surface area (Å²) < 4.78 is 11.1. The summed E-state index contributed by atoms with van der Waals surface area (Å²) in [6.07, 6.45) is 5.33. The van der Waals surface area contributed by atoms with Crippen molar-refractivity contribution >= 4 is 22.8 Å². The van der Waals surface area contributed by atoms with Gasteiger partial charge in [-0.3, -0.25) is 4.79 Å². The van der Waals surface area contributed by atoms with Crippen molar-refractivity contribution in [2.24, 2.45) is 5.92 Å². The molecule has 3 aromatic rings. The highest BCUT2D eigenvalue weighted by atomic mass is 16.5. The maximum atomic E-state index is 12.2. The molecule has 2 aromatic heterocycles. The van der Waals surface area contributed by atoms with E-state index >= 15 is 0 Å². The third-order valence-electron chi connectivity index (χ3n) is 4.77. The lowest BCUT2D eigenvalue weighted by atomic mass is 10.0. The van der Waals surface area contributed by atoms with Gasteiger partial charge in [0.15, 0.2) is 5.78 Å². The van der Waals surface area contributed by atoms with E-state index in [1.807, 2.05) is 0 Å². The molecule has 1 saturated carbocycles. The zero-order valence-electron chi connectivity index (χ0n) is 15.8. The minimum atomic E-state index is -0.443. The van der Waals surface area contributed by atoms with Crippen LogP contribution in [0.25, 0.3) is 22.3 Å². The molecule has 1 aliphatic rings.